The van der Waals surface area contributed by atoms with Crippen molar-refractivity contribution in [2.45, 2.75) is 13.3 Å². The van der Waals surface area contributed by atoms with Gasteiger partial charge in [0.1, 0.15) is 4.88 Å². The second-order valence-corrected chi connectivity index (χ2v) is 5.65. The minimum Gasteiger partial charge on any atom is -0.462 e. The van der Waals surface area contributed by atoms with Crippen molar-refractivity contribution < 1.29 is 14.3 Å². The normalized spacial score (nSPS) is 19.3. The van der Waals surface area contributed by atoms with Gasteiger partial charge in [-0.15, -0.1) is 11.3 Å². The lowest BCUT2D eigenvalue weighted by Crippen LogP contribution is -2.26. The van der Waals surface area contributed by atoms with E-state index in [-0.39, 0.29) is 11.9 Å². The van der Waals surface area contributed by atoms with Crippen LogP contribution in [0.25, 0.3) is 0 Å². The summed E-state index contributed by atoms with van der Waals surface area (Å²) in [6.07, 6.45) is 0.531. The van der Waals surface area contributed by atoms with E-state index in [2.05, 4.69) is 15.9 Å². The van der Waals surface area contributed by atoms with E-state index >= 15 is 0 Å². The molecule has 0 radical (unpaired) electrons. The number of halogens is 1. The zero-order chi connectivity index (χ0) is 13.1. The Morgan fingerprint density at radius 1 is 1.67 bits per heavy atom. The Morgan fingerprint density at radius 2 is 2.44 bits per heavy atom. The summed E-state index contributed by atoms with van der Waals surface area (Å²) in [5, 5.41) is 2.62. The average molecular weight is 332 g/mol. The molecule has 1 aliphatic heterocycles. The fourth-order valence-electron chi connectivity index (χ4n) is 1.98. The van der Waals surface area contributed by atoms with Gasteiger partial charge < -0.3 is 9.64 Å². The topological polar surface area (TPSA) is 46.6 Å². The van der Waals surface area contributed by atoms with Gasteiger partial charge in [0.25, 0.3) is 0 Å². The minimum atomic E-state index is -0.349. The Hall–Kier alpha value is -0.880. The molecule has 4 nitrogen and oxygen atoms in total. The van der Waals surface area contributed by atoms with Crippen LogP contribution in [0, 0.1) is 5.92 Å². The summed E-state index contributed by atoms with van der Waals surface area (Å²) in [5.74, 6) is 0.0356. The first-order valence-electron chi connectivity index (χ1n) is 5.78. The highest BCUT2D eigenvalue weighted by Crippen LogP contribution is 2.32. The Kier molecular flexibility index (Phi) is 4.40. The lowest BCUT2D eigenvalue weighted by Gasteiger charge is -2.16. The molecule has 1 unspecified atom stereocenters. The van der Waals surface area contributed by atoms with Gasteiger partial charge in [-0.1, -0.05) is 15.9 Å². The van der Waals surface area contributed by atoms with Crippen molar-refractivity contribution >= 4 is 44.8 Å². The number of carbonyl (C=O) groups is 2. The molecular weight excluding hydrogens is 318 g/mol. The van der Waals surface area contributed by atoms with Gasteiger partial charge in [0.05, 0.1) is 12.3 Å². The molecule has 1 aliphatic rings. The first kappa shape index (κ1) is 13.5. The number of alkyl halides is 1. The quantitative estimate of drug-likeness (QED) is 0.629. The third-order valence-corrected chi connectivity index (χ3v) is 4.62. The Morgan fingerprint density at radius 3 is 3.06 bits per heavy atom. The molecule has 1 fully saturated rings. The van der Waals surface area contributed by atoms with Gasteiger partial charge in [0.15, 0.2) is 0 Å². The van der Waals surface area contributed by atoms with Crippen molar-refractivity contribution in [1.29, 1.82) is 0 Å². The minimum absolute atomic E-state index is 0.0726. The van der Waals surface area contributed by atoms with E-state index in [1.807, 2.05) is 11.4 Å². The van der Waals surface area contributed by atoms with Crippen molar-refractivity contribution in [3.8, 4) is 0 Å². The second-order valence-electron chi connectivity index (χ2n) is 4.08. The highest BCUT2D eigenvalue weighted by molar-refractivity contribution is 9.09. The highest BCUT2D eigenvalue weighted by Gasteiger charge is 2.32. The lowest BCUT2D eigenvalue weighted by atomic mass is 10.2. The number of amides is 1. The first-order chi connectivity index (χ1) is 8.67. The van der Waals surface area contributed by atoms with Crippen LogP contribution in [0.1, 0.15) is 23.0 Å². The molecule has 1 aromatic heterocycles. The van der Waals surface area contributed by atoms with Crippen LogP contribution < -0.4 is 4.90 Å². The molecule has 1 aromatic rings. The van der Waals surface area contributed by atoms with E-state index in [9.17, 15) is 9.59 Å². The van der Waals surface area contributed by atoms with Crippen molar-refractivity contribution in [3.05, 3.63) is 16.3 Å². The smallest absolute Gasteiger partial charge is 0.350 e. The van der Waals surface area contributed by atoms with Gasteiger partial charge in [0.2, 0.25) is 5.91 Å². The molecule has 0 saturated carbocycles. The maximum Gasteiger partial charge on any atom is 0.350 e. The summed E-state index contributed by atoms with van der Waals surface area (Å²) >= 11 is 4.71. The van der Waals surface area contributed by atoms with Crippen molar-refractivity contribution in [1.82, 2.24) is 0 Å². The first-order valence-corrected chi connectivity index (χ1v) is 7.78. The number of anilines is 1. The standard InChI is InChI=1S/C12H14BrNO3S/c1-2-17-12(16)11-9(3-4-18-11)14-7-8(6-13)5-10(14)15/h3-4,8H,2,5-7H2,1H3. The highest BCUT2D eigenvalue weighted by atomic mass is 79.9. The molecular formula is C12H14BrNO3S. The van der Waals surface area contributed by atoms with Gasteiger partial charge >= 0.3 is 5.97 Å². The molecule has 1 saturated heterocycles. The number of ether oxygens (including phenoxy) is 1. The van der Waals surface area contributed by atoms with Gasteiger partial charge in [-0.05, 0) is 24.3 Å². The van der Waals surface area contributed by atoms with Crippen LogP contribution in [0.5, 0.6) is 0 Å². The lowest BCUT2D eigenvalue weighted by molar-refractivity contribution is -0.117. The van der Waals surface area contributed by atoms with Crippen LogP contribution in [-0.4, -0.2) is 30.4 Å². The molecule has 6 heteroatoms. The van der Waals surface area contributed by atoms with E-state index in [4.69, 9.17) is 4.74 Å². The van der Waals surface area contributed by atoms with Crippen LogP contribution >= 0.6 is 27.3 Å². The Labute approximate surface area is 118 Å². The van der Waals surface area contributed by atoms with Crippen LogP contribution in [0.4, 0.5) is 5.69 Å². The molecule has 2 rings (SSSR count). The van der Waals surface area contributed by atoms with Crippen molar-refractivity contribution in [3.63, 3.8) is 0 Å². The fraction of sp³-hybridized carbons (Fsp3) is 0.500. The zero-order valence-corrected chi connectivity index (χ0v) is 12.4. The van der Waals surface area contributed by atoms with Gasteiger partial charge in [-0.25, -0.2) is 4.79 Å². The number of rotatable bonds is 4. The van der Waals surface area contributed by atoms with Gasteiger partial charge in [-0.2, -0.15) is 0 Å². The van der Waals surface area contributed by atoms with Crippen LogP contribution in [-0.2, 0) is 9.53 Å². The fourth-order valence-corrected chi connectivity index (χ4v) is 3.20. The summed E-state index contributed by atoms with van der Waals surface area (Å²) in [5.41, 5.74) is 0.687. The Bertz CT molecular complexity index is 460. The summed E-state index contributed by atoms with van der Waals surface area (Å²) < 4.78 is 5.00. The second kappa shape index (κ2) is 5.84. The largest absolute Gasteiger partial charge is 0.462 e. The van der Waals surface area contributed by atoms with Crippen molar-refractivity contribution in [2.24, 2.45) is 5.92 Å². The number of thiophene rings is 1. The van der Waals surface area contributed by atoms with E-state index in [1.54, 1.807) is 11.8 Å². The zero-order valence-electron chi connectivity index (χ0n) is 10.0. The van der Waals surface area contributed by atoms with E-state index in [1.165, 1.54) is 11.3 Å². The molecule has 2 heterocycles. The summed E-state index contributed by atoms with van der Waals surface area (Å²) in [7, 11) is 0. The predicted molar refractivity (Wildman–Crippen MR) is 74.5 cm³/mol. The third kappa shape index (κ3) is 2.59. The number of hydrogen-bond acceptors (Lipinski definition) is 4. The van der Waals surface area contributed by atoms with Crippen molar-refractivity contribution in [2.75, 3.05) is 23.4 Å². The number of carbonyl (C=O) groups excluding carboxylic acids is 2. The SMILES string of the molecule is CCOC(=O)c1sccc1N1CC(CBr)CC1=O. The molecule has 0 bridgehead atoms. The third-order valence-electron chi connectivity index (χ3n) is 2.82. The van der Waals surface area contributed by atoms with Gasteiger partial charge in [0, 0.05) is 18.3 Å². The Balaban J connectivity index is 2.21. The molecule has 0 spiro atoms. The average Bonchev–Trinajstić information content (AvgIpc) is 2.94. The van der Waals surface area contributed by atoms with E-state index < -0.39 is 0 Å². The monoisotopic (exact) mass is 331 g/mol. The molecule has 0 N–H and O–H groups in total. The molecule has 1 amide bonds. The number of hydrogen-bond donors (Lipinski definition) is 0. The maximum absolute atomic E-state index is 11.9. The maximum atomic E-state index is 11.9. The molecule has 0 aliphatic carbocycles. The van der Waals surface area contributed by atoms with Gasteiger partial charge in [-0.3, -0.25) is 4.79 Å². The van der Waals surface area contributed by atoms with Crippen LogP contribution in [0.15, 0.2) is 11.4 Å². The van der Waals surface area contributed by atoms with E-state index in [0.29, 0.717) is 36.1 Å². The molecule has 1 atom stereocenters. The number of nitrogens with zero attached hydrogens (tertiary/aromatic N) is 1. The molecule has 18 heavy (non-hydrogen) atoms. The van der Waals surface area contributed by atoms with Crippen LogP contribution in [0.3, 0.4) is 0 Å². The summed E-state index contributed by atoms with van der Waals surface area (Å²) in [6.45, 7) is 2.77. The molecule has 98 valence electrons. The van der Waals surface area contributed by atoms with E-state index in [0.717, 1.165) is 5.33 Å². The predicted octanol–water partition coefficient (Wildman–Crippen LogP) is 2.67. The molecule has 0 aromatic carbocycles. The summed E-state index contributed by atoms with van der Waals surface area (Å²) in [4.78, 5) is 25.9. The van der Waals surface area contributed by atoms with Crippen LogP contribution in [0.2, 0.25) is 0 Å². The number of esters is 1. The summed E-state index contributed by atoms with van der Waals surface area (Å²) in [6, 6.07) is 1.81.